The minimum atomic E-state index is -0.705. The van der Waals surface area contributed by atoms with Crippen molar-refractivity contribution < 1.29 is 15.3 Å². The number of hydrogen-bond acceptors (Lipinski definition) is 3. The Balaban J connectivity index is 2.51. The smallest absolute Gasteiger partial charge is 0.113 e. The molecule has 0 aromatic rings. The van der Waals surface area contributed by atoms with Crippen molar-refractivity contribution in [3.63, 3.8) is 0 Å². The summed E-state index contributed by atoms with van der Waals surface area (Å²) < 4.78 is 0. The van der Waals surface area contributed by atoms with Crippen LogP contribution in [-0.2, 0) is 4.89 Å². The second kappa shape index (κ2) is 6.50. The van der Waals surface area contributed by atoms with Gasteiger partial charge in [-0.25, -0.2) is 4.89 Å². The molecule has 3 atom stereocenters. The largest absolute Gasteiger partial charge is 0.390 e. The van der Waals surface area contributed by atoms with Gasteiger partial charge in [-0.15, -0.1) is 0 Å². The van der Waals surface area contributed by atoms with Crippen molar-refractivity contribution in [3.05, 3.63) is 23.8 Å². The van der Waals surface area contributed by atoms with Gasteiger partial charge >= 0.3 is 0 Å². The molecule has 0 aromatic heterocycles. The molecule has 0 spiro atoms. The first-order chi connectivity index (χ1) is 8.36. The van der Waals surface area contributed by atoms with Crippen LogP contribution in [0.1, 0.15) is 52.9 Å². The minimum Gasteiger partial charge on any atom is -0.390 e. The molecule has 0 saturated carbocycles. The Morgan fingerprint density at radius 1 is 1.67 bits per heavy atom. The van der Waals surface area contributed by atoms with Crippen molar-refractivity contribution in [2.45, 2.75) is 64.6 Å². The first kappa shape index (κ1) is 15.4. The average Bonchev–Trinajstić information content (AvgIpc) is 2.29. The molecule has 0 heterocycles. The molecule has 0 unspecified atom stereocenters. The van der Waals surface area contributed by atoms with E-state index in [-0.39, 0.29) is 6.10 Å². The third-order valence-corrected chi connectivity index (χ3v) is 4.11. The van der Waals surface area contributed by atoms with E-state index < -0.39 is 5.60 Å². The van der Waals surface area contributed by atoms with E-state index in [9.17, 15) is 5.11 Å². The third-order valence-electron chi connectivity index (χ3n) is 4.11. The van der Waals surface area contributed by atoms with E-state index >= 15 is 0 Å². The fourth-order valence-corrected chi connectivity index (χ4v) is 2.55. The molecule has 3 heteroatoms. The molecule has 18 heavy (non-hydrogen) atoms. The van der Waals surface area contributed by atoms with Crippen LogP contribution < -0.4 is 0 Å². The molecule has 2 N–H and O–H groups in total. The van der Waals surface area contributed by atoms with Crippen LogP contribution in [-0.4, -0.2) is 22.1 Å². The SMILES string of the molecule is C=C(C)[C@H](CC[C@@](C)(O)[C@H]1CC=C(C)CC1)OO. The van der Waals surface area contributed by atoms with Gasteiger partial charge in [-0.2, -0.15) is 0 Å². The summed E-state index contributed by atoms with van der Waals surface area (Å²) in [5.41, 5.74) is 1.50. The van der Waals surface area contributed by atoms with Crippen LogP contribution in [0.2, 0.25) is 0 Å². The van der Waals surface area contributed by atoms with E-state index in [2.05, 4.69) is 24.5 Å². The van der Waals surface area contributed by atoms with Crippen molar-refractivity contribution in [2.75, 3.05) is 0 Å². The summed E-state index contributed by atoms with van der Waals surface area (Å²) in [7, 11) is 0. The lowest BCUT2D eigenvalue weighted by molar-refractivity contribution is -0.271. The lowest BCUT2D eigenvalue weighted by atomic mass is 9.76. The summed E-state index contributed by atoms with van der Waals surface area (Å²) in [6.45, 7) is 9.62. The highest BCUT2D eigenvalue weighted by Crippen LogP contribution is 2.35. The summed E-state index contributed by atoms with van der Waals surface area (Å²) in [6, 6.07) is 0. The standard InChI is InChI=1S/C15H26O3/c1-11(2)14(18-17)9-10-15(4,16)13-7-5-12(3)6-8-13/h5,13-14,16-17H,1,6-10H2,2-4H3/t13-,14-,15+/m0/s1. The van der Waals surface area contributed by atoms with Crippen LogP contribution >= 0.6 is 0 Å². The van der Waals surface area contributed by atoms with Crippen molar-refractivity contribution in [1.82, 2.24) is 0 Å². The van der Waals surface area contributed by atoms with Gasteiger partial charge in [-0.3, -0.25) is 5.26 Å². The normalized spacial score (nSPS) is 25.2. The Morgan fingerprint density at radius 2 is 2.33 bits per heavy atom. The molecule has 0 saturated heterocycles. The van der Waals surface area contributed by atoms with Crippen LogP contribution in [0.25, 0.3) is 0 Å². The van der Waals surface area contributed by atoms with Crippen LogP contribution in [0.3, 0.4) is 0 Å². The molecule has 104 valence electrons. The Kier molecular flexibility index (Phi) is 5.57. The Labute approximate surface area is 110 Å². The molecule has 1 aliphatic rings. The van der Waals surface area contributed by atoms with Crippen molar-refractivity contribution in [2.24, 2.45) is 5.92 Å². The van der Waals surface area contributed by atoms with E-state index in [0.29, 0.717) is 18.8 Å². The summed E-state index contributed by atoms with van der Waals surface area (Å²) in [6.07, 6.45) is 6.10. The fourth-order valence-electron chi connectivity index (χ4n) is 2.55. The summed E-state index contributed by atoms with van der Waals surface area (Å²) in [5.74, 6) is 0.297. The highest BCUT2D eigenvalue weighted by atomic mass is 17.1. The zero-order valence-electron chi connectivity index (χ0n) is 11.8. The predicted octanol–water partition coefficient (Wildman–Crippen LogP) is 3.70. The van der Waals surface area contributed by atoms with Gasteiger partial charge in [0.25, 0.3) is 0 Å². The fraction of sp³-hybridized carbons (Fsp3) is 0.733. The second-order valence-corrected chi connectivity index (χ2v) is 5.86. The number of rotatable bonds is 6. The molecule has 0 aliphatic heterocycles. The summed E-state index contributed by atoms with van der Waals surface area (Å²) >= 11 is 0. The van der Waals surface area contributed by atoms with E-state index in [1.165, 1.54) is 5.57 Å². The van der Waals surface area contributed by atoms with Gasteiger partial charge in [0.1, 0.15) is 6.10 Å². The Morgan fingerprint density at radius 3 is 2.78 bits per heavy atom. The summed E-state index contributed by atoms with van der Waals surface area (Å²) in [4.78, 5) is 4.39. The molecule has 0 bridgehead atoms. The number of allylic oxidation sites excluding steroid dienone is 2. The average molecular weight is 254 g/mol. The van der Waals surface area contributed by atoms with Crippen LogP contribution in [0.15, 0.2) is 23.8 Å². The highest BCUT2D eigenvalue weighted by molar-refractivity contribution is 5.06. The molecule has 0 fully saturated rings. The third kappa shape index (κ3) is 4.23. The van der Waals surface area contributed by atoms with Crippen LogP contribution in [0, 0.1) is 5.92 Å². The maximum atomic E-state index is 10.6. The molecule has 3 nitrogen and oxygen atoms in total. The molecular formula is C15H26O3. The first-order valence-electron chi connectivity index (χ1n) is 6.70. The van der Waals surface area contributed by atoms with E-state index in [4.69, 9.17) is 5.26 Å². The highest BCUT2D eigenvalue weighted by Gasteiger charge is 2.32. The van der Waals surface area contributed by atoms with E-state index in [1.807, 2.05) is 13.8 Å². The lowest BCUT2D eigenvalue weighted by Crippen LogP contribution is -2.36. The van der Waals surface area contributed by atoms with Crippen LogP contribution in [0.4, 0.5) is 0 Å². The lowest BCUT2D eigenvalue weighted by Gasteiger charge is -2.35. The minimum absolute atomic E-state index is 0.297. The maximum Gasteiger partial charge on any atom is 0.113 e. The van der Waals surface area contributed by atoms with Gasteiger partial charge in [-0.1, -0.05) is 18.2 Å². The van der Waals surface area contributed by atoms with Gasteiger partial charge in [0, 0.05) is 0 Å². The van der Waals surface area contributed by atoms with Gasteiger partial charge in [0.2, 0.25) is 0 Å². The molecule has 0 amide bonds. The van der Waals surface area contributed by atoms with Crippen molar-refractivity contribution >= 4 is 0 Å². The molecule has 1 aliphatic carbocycles. The molecule has 0 radical (unpaired) electrons. The predicted molar refractivity (Wildman–Crippen MR) is 73.3 cm³/mol. The van der Waals surface area contributed by atoms with Gasteiger partial charge in [0.15, 0.2) is 0 Å². The maximum absolute atomic E-state index is 10.6. The zero-order chi connectivity index (χ0) is 13.8. The molecule has 1 rings (SSSR count). The van der Waals surface area contributed by atoms with Crippen molar-refractivity contribution in [3.8, 4) is 0 Å². The quantitative estimate of drug-likeness (QED) is 0.431. The number of aliphatic hydroxyl groups is 1. The summed E-state index contributed by atoms with van der Waals surface area (Å²) in [5, 5.41) is 19.3. The number of hydrogen-bond donors (Lipinski definition) is 2. The Hall–Kier alpha value is -0.640. The topological polar surface area (TPSA) is 49.7 Å². The molecule has 0 aromatic carbocycles. The van der Waals surface area contributed by atoms with E-state index in [1.54, 1.807) is 0 Å². The molecular weight excluding hydrogens is 228 g/mol. The first-order valence-corrected chi connectivity index (χ1v) is 6.70. The monoisotopic (exact) mass is 254 g/mol. The zero-order valence-corrected chi connectivity index (χ0v) is 11.8. The van der Waals surface area contributed by atoms with Gasteiger partial charge in [0.05, 0.1) is 5.60 Å². The Bertz CT molecular complexity index is 318. The van der Waals surface area contributed by atoms with Gasteiger partial charge in [-0.05, 0) is 64.4 Å². The van der Waals surface area contributed by atoms with Crippen LogP contribution in [0.5, 0.6) is 0 Å². The van der Waals surface area contributed by atoms with E-state index in [0.717, 1.165) is 24.8 Å². The van der Waals surface area contributed by atoms with Crippen molar-refractivity contribution in [1.29, 1.82) is 0 Å². The van der Waals surface area contributed by atoms with Gasteiger partial charge < -0.3 is 5.11 Å². The second-order valence-electron chi connectivity index (χ2n) is 5.86.